The molecule has 9 nitrogen and oxygen atoms in total. The molecular formula is C31H27N7O2S. The van der Waals surface area contributed by atoms with Crippen LogP contribution in [0.3, 0.4) is 0 Å². The number of hydrogen-bond donors (Lipinski definition) is 2. The summed E-state index contributed by atoms with van der Waals surface area (Å²) in [5.74, 6) is 6.10. The van der Waals surface area contributed by atoms with Crippen molar-refractivity contribution in [2.75, 3.05) is 5.73 Å². The number of carbonyl (C=O) groups excluding carboxylic acids is 1. The number of aliphatic imine (C=N–C) groups is 1. The first kappa shape index (κ1) is 27.3. The molecular weight excluding hydrogens is 534 g/mol. The van der Waals surface area contributed by atoms with Crippen molar-refractivity contribution in [3.63, 3.8) is 0 Å². The number of nitrogens with two attached hydrogens (primary N) is 1. The van der Waals surface area contributed by atoms with E-state index in [1.165, 1.54) is 28.3 Å². The predicted molar refractivity (Wildman–Crippen MR) is 164 cm³/mol. The first-order valence-corrected chi connectivity index (χ1v) is 13.6. The summed E-state index contributed by atoms with van der Waals surface area (Å²) in [7, 11) is 1.65. The van der Waals surface area contributed by atoms with Crippen LogP contribution in [0.4, 0.5) is 11.6 Å². The van der Waals surface area contributed by atoms with Crippen LogP contribution in [0.1, 0.15) is 45.3 Å². The number of nitrogen functional groups attached to an aromatic ring is 1. The summed E-state index contributed by atoms with van der Waals surface area (Å²) < 4.78 is 3.04. The van der Waals surface area contributed by atoms with Crippen molar-refractivity contribution in [3.8, 4) is 17.5 Å². The van der Waals surface area contributed by atoms with Crippen LogP contribution in [-0.2, 0) is 7.05 Å². The highest BCUT2D eigenvalue weighted by molar-refractivity contribution is 7.10. The van der Waals surface area contributed by atoms with Gasteiger partial charge in [-0.05, 0) is 49.4 Å². The fraction of sp³-hybridized carbons (Fsp3) is 0.129. The molecule has 0 aliphatic rings. The lowest BCUT2D eigenvalue weighted by molar-refractivity contribution is 0.0940. The minimum Gasteiger partial charge on any atom is -0.381 e. The fourth-order valence-electron chi connectivity index (χ4n) is 4.55. The minimum atomic E-state index is -0.594. The number of para-hydroxylation sites is 1. The van der Waals surface area contributed by atoms with Crippen LogP contribution >= 0.6 is 11.3 Å². The molecule has 1 unspecified atom stereocenters. The van der Waals surface area contributed by atoms with Crippen LogP contribution in [0, 0.1) is 18.8 Å². The first-order valence-electron chi connectivity index (χ1n) is 12.7. The van der Waals surface area contributed by atoms with Gasteiger partial charge in [0.1, 0.15) is 5.56 Å². The number of hydrogen-bond acceptors (Lipinski definition) is 7. The molecule has 0 aliphatic heterocycles. The van der Waals surface area contributed by atoms with E-state index in [4.69, 9.17) is 5.73 Å². The third-order valence-electron chi connectivity index (χ3n) is 6.38. The highest BCUT2D eigenvalue weighted by Crippen LogP contribution is 2.27. The molecule has 41 heavy (non-hydrogen) atoms. The van der Waals surface area contributed by atoms with E-state index in [-0.39, 0.29) is 16.9 Å². The van der Waals surface area contributed by atoms with Crippen LogP contribution in [-0.4, -0.2) is 31.5 Å². The standard InChI is InChI=1S/C31H27N7O2S/c1-5-16-33-29-27(28(32)36-37(29)4)30(39)35-20(3)24-17-22-11-9-10-21(14-15-25-34-19(2)18-41-25)26(22)31(40)38(24)23-12-7-6-8-13-23/h5-13,16-18,20H,1H2,2-4H3,(H2,32,36)(H,35,39)/b33-16-. The lowest BCUT2D eigenvalue weighted by Gasteiger charge is -2.21. The van der Waals surface area contributed by atoms with Gasteiger partial charge in [-0.15, -0.1) is 11.3 Å². The van der Waals surface area contributed by atoms with Gasteiger partial charge in [-0.25, -0.2) is 14.7 Å². The van der Waals surface area contributed by atoms with Gasteiger partial charge in [0.25, 0.3) is 11.5 Å². The molecule has 0 saturated carbocycles. The Bertz CT molecular complexity index is 1940. The van der Waals surface area contributed by atoms with Gasteiger partial charge in [-0.3, -0.25) is 14.2 Å². The average Bonchev–Trinajstić information content (AvgIpc) is 3.51. The van der Waals surface area contributed by atoms with Crippen LogP contribution < -0.4 is 16.6 Å². The third-order valence-corrected chi connectivity index (χ3v) is 7.25. The zero-order chi connectivity index (χ0) is 29.1. The number of amides is 1. The summed E-state index contributed by atoms with van der Waals surface area (Å²) in [4.78, 5) is 36.3. The molecule has 0 bridgehead atoms. The second kappa shape index (κ2) is 11.5. The number of nitrogens with zero attached hydrogens (tertiary/aromatic N) is 5. The summed E-state index contributed by atoms with van der Waals surface area (Å²) in [6.07, 6.45) is 2.96. The molecule has 0 fully saturated rings. The number of benzene rings is 2. The van der Waals surface area contributed by atoms with Gasteiger partial charge in [0, 0.05) is 41.3 Å². The Morgan fingerprint density at radius 3 is 2.68 bits per heavy atom. The lowest BCUT2D eigenvalue weighted by Crippen LogP contribution is -2.32. The smallest absolute Gasteiger partial charge is 0.264 e. The Balaban J connectivity index is 1.63. The zero-order valence-electron chi connectivity index (χ0n) is 22.8. The number of anilines is 1. The Morgan fingerprint density at radius 1 is 1.20 bits per heavy atom. The van der Waals surface area contributed by atoms with Crippen LogP contribution in [0.25, 0.3) is 16.5 Å². The Kier molecular flexibility index (Phi) is 7.63. The van der Waals surface area contributed by atoms with Crippen LogP contribution in [0.5, 0.6) is 0 Å². The number of aryl methyl sites for hydroxylation is 2. The quantitative estimate of drug-likeness (QED) is 0.227. The fourth-order valence-corrected chi connectivity index (χ4v) is 5.19. The normalized spacial score (nSPS) is 11.8. The number of carbonyl (C=O) groups is 1. The van der Waals surface area contributed by atoms with Gasteiger partial charge in [-0.2, -0.15) is 5.10 Å². The molecule has 0 radical (unpaired) electrons. The summed E-state index contributed by atoms with van der Waals surface area (Å²) in [5.41, 5.74) is 8.71. The number of rotatable bonds is 6. The predicted octanol–water partition coefficient (Wildman–Crippen LogP) is 4.85. The molecule has 10 heteroatoms. The summed E-state index contributed by atoms with van der Waals surface area (Å²) in [6.45, 7) is 7.35. The largest absolute Gasteiger partial charge is 0.381 e. The molecule has 1 atom stereocenters. The number of pyridine rings is 1. The number of fused-ring (bicyclic) bond motifs is 1. The maximum Gasteiger partial charge on any atom is 0.264 e. The number of allylic oxidation sites excluding steroid dienone is 1. The van der Waals surface area contributed by atoms with Crippen molar-refractivity contribution >= 4 is 45.9 Å². The zero-order valence-corrected chi connectivity index (χ0v) is 23.6. The number of thiazole rings is 1. The van der Waals surface area contributed by atoms with Gasteiger partial charge in [0.2, 0.25) is 0 Å². The van der Waals surface area contributed by atoms with E-state index in [1.807, 2.05) is 73.8 Å². The molecule has 2 aromatic carbocycles. The molecule has 0 spiro atoms. The van der Waals surface area contributed by atoms with Gasteiger partial charge < -0.3 is 11.1 Å². The van der Waals surface area contributed by atoms with Gasteiger partial charge in [0.05, 0.1) is 11.4 Å². The molecule has 0 saturated heterocycles. The average molecular weight is 562 g/mol. The van der Waals surface area contributed by atoms with Crippen molar-refractivity contribution in [1.29, 1.82) is 0 Å². The van der Waals surface area contributed by atoms with Crippen molar-refractivity contribution < 1.29 is 4.79 Å². The van der Waals surface area contributed by atoms with Crippen molar-refractivity contribution in [3.05, 3.63) is 111 Å². The maximum absolute atomic E-state index is 14.2. The van der Waals surface area contributed by atoms with Crippen molar-refractivity contribution in [2.24, 2.45) is 12.0 Å². The molecule has 3 heterocycles. The highest BCUT2D eigenvalue weighted by Gasteiger charge is 2.24. The number of aromatic nitrogens is 4. The van der Waals surface area contributed by atoms with E-state index in [0.29, 0.717) is 38.5 Å². The van der Waals surface area contributed by atoms with E-state index < -0.39 is 11.9 Å². The SMILES string of the molecule is C=C/C=N\c1c(C(=O)NC(C)c2cc3cccc(C#Cc4nc(C)cs4)c3c(=O)n2-c2ccccc2)c(N)nn1C. The lowest BCUT2D eigenvalue weighted by atomic mass is 10.0. The Labute approximate surface area is 240 Å². The molecule has 0 aliphatic carbocycles. The van der Waals surface area contributed by atoms with Gasteiger partial charge >= 0.3 is 0 Å². The molecule has 204 valence electrons. The molecule has 1 amide bonds. The van der Waals surface area contributed by atoms with E-state index in [0.717, 1.165) is 5.69 Å². The van der Waals surface area contributed by atoms with E-state index in [9.17, 15) is 9.59 Å². The van der Waals surface area contributed by atoms with Gasteiger partial charge in [-0.1, -0.05) is 48.9 Å². The summed E-state index contributed by atoms with van der Waals surface area (Å²) in [5, 5.41) is 10.9. The topological polar surface area (TPSA) is 120 Å². The molecule has 3 N–H and O–H groups in total. The monoisotopic (exact) mass is 561 g/mol. The number of nitrogens with one attached hydrogen (secondary N) is 1. The Hall–Kier alpha value is -5.27. The van der Waals surface area contributed by atoms with E-state index in [1.54, 1.807) is 11.6 Å². The first-order chi connectivity index (χ1) is 19.8. The van der Waals surface area contributed by atoms with Crippen LogP contribution in [0.2, 0.25) is 0 Å². The summed E-state index contributed by atoms with van der Waals surface area (Å²) in [6, 6.07) is 16.1. The second-order valence-corrected chi connectivity index (χ2v) is 10.1. The van der Waals surface area contributed by atoms with E-state index in [2.05, 4.69) is 38.8 Å². The van der Waals surface area contributed by atoms with Crippen LogP contribution in [0.15, 0.2) is 82.4 Å². The Morgan fingerprint density at radius 2 is 1.98 bits per heavy atom. The molecule has 5 aromatic rings. The second-order valence-electron chi connectivity index (χ2n) is 9.28. The van der Waals surface area contributed by atoms with Crippen molar-refractivity contribution in [1.82, 2.24) is 24.6 Å². The third kappa shape index (κ3) is 5.44. The van der Waals surface area contributed by atoms with E-state index >= 15 is 0 Å². The van der Waals surface area contributed by atoms with Crippen molar-refractivity contribution in [2.45, 2.75) is 19.9 Å². The maximum atomic E-state index is 14.2. The van der Waals surface area contributed by atoms with Gasteiger partial charge in [0.15, 0.2) is 16.6 Å². The molecule has 3 aromatic heterocycles. The highest BCUT2D eigenvalue weighted by atomic mass is 32.1. The summed E-state index contributed by atoms with van der Waals surface area (Å²) >= 11 is 1.46. The molecule has 5 rings (SSSR count). The minimum absolute atomic E-state index is 0.0472.